The van der Waals surface area contributed by atoms with E-state index < -0.39 is 6.29 Å². The number of fused-ring (bicyclic) bond motifs is 1. The third kappa shape index (κ3) is 5.89. The molecule has 1 amide bonds. The number of carbonyl (C=O) groups excluding carboxylic acids is 1. The van der Waals surface area contributed by atoms with Crippen molar-refractivity contribution in [2.75, 3.05) is 52.3 Å². The lowest BCUT2D eigenvalue weighted by Crippen LogP contribution is -2.48. The van der Waals surface area contributed by atoms with Crippen molar-refractivity contribution in [2.45, 2.75) is 51.0 Å². The Kier molecular flexibility index (Phi) is 8.09. The highest BCUT2D eigenvalue weighted by molar-refractivity contribution is 5.88. The molecule has 0 aromatic heterocycles. The Labute approximate surface area is 203 Å². The number of methoxy groups -OCH3 is 2. The van der Waals surface area contributed by atoms with Gasteiger partial charge >= 0.3 is 0 Å². The lowest BCUT2D eigenvalue weighted by molar-refractivity contribution is -0.146. The largest absolute Gasteiger partial charge is 0.391 e. The summed E-state index contributed by atoms with van der Waals surface area (Å²) in [5, 5.41) is 16.2. The quantitative estimate of drug-likeness (QED) is 0.492. The number of nitrogens with one attached hydrogen (secondary N) is 1. The summed E-state index contributed by atoms with van der Waals surface area (Å²) >= 11 is 0. The predicted octanol–water partition coefficient (Wildman–Crippen LogP) is 3.32. The number of piperidine rings is 1. The zero-order valence-corrected chi connectivity index (χ0v) is 20.7. The van der Waals surface area contributed by atoms with Crippen molar-refractivity contribution >= 4 is 22.4 Å². The second-order valence-corrected chi connectivity index (χ2v) is 9.90. The van der Waals surface area contributed by atoms with Gasteiger partial charge in [0.25, 0.3) is 0 Å². The molecule has 1 saturated heterocycles. The lowest BCUT2D eigenvalue weighted by Gasteiger charge is -2.37. The number of amides is 1. The van der Waals surface area contributed by atoms with Crippen LogP contribution in [0.25, 0.3) is 10.8 Å². The molecule has 1 saturated carbocycles. The van der Waals surface area contributed by atoms with E-state index in [9.17, 15) is 9.90 Å². The van der Waals surface area contributed by atoms with Gasteiger partial charge in [-0.1, -0.05) is 30.3 Å². The fourth-order valence-corrected chi connectivity index (χ4v) is 5.09. The van der Waals surface area contributed by atoms with Crippen molar-refractivity contribution in [3.63, 3.8) is 0 Å². The summed E-state index contributed by atoms with van der Waals surface area (Å²) in [5.41, 5.74) is 1.14. The van der Waals surface area contributed by atoms with Gasteiger partial charge in [0, 0.05) is 33.0 Å². The fourth-order valence-electron chi connectivity index (χ4n) is 5.09. The normalized spacial score (nSPS) is 20.6. The molecule has 2 aromatic rings. The molecule has 0 bridgehead atoms. The molecule has 1 unspecified atom stereocenters. The Morgan fingerprint density at radius 3 is 2.59 bits per heavy atom. The van der Waals surface area contributed by atoms with Crippen LogP contribution >= 0.6 is 0 Å². The van der Waals surface area contributed by atoms with Gasteiger partial charge in [0.05, 0.1) is 12.6 Å². The van der Waals surface area contributed by atoms with Crippen LogP contribution in [-0.2, 0) is 14.3 Å². The molecule has 1 aliphatic carbocycles. The summed E-state index contributed by atoms with van der Waals surface area (Å²) in [6.45, 7) is 5.53. The number of ether oxygens (including phenoxy) is 2. The highest BCUT2D eigenvalue weighted by Crippen LogP contribution is 2.53. The van der Waals surface area contributed by atoms with Crippen LogP contribution in [0.4, 0.5) is 5.69 Å². The molecule has 34 heavy (non-hydrogen) atoms. The predicted molar refractivity (Wildman–Crippen MR) is 135 cm³/mol. The molecule has 1 spiro atoms. The van der Waals surface area contributed by atoms with Gasteiger partial charge in [-0.25, -0.2) is 0 Å². The number of rotatable bonds is 11. The van der Waals surface area contributed by atoms with E-state index in [1.807, 2.05) is 30.0 Å². The number of benzene rings is 2. The molecular weight excluding hydrogens is 430 g/mol. The number of likely N-dealkylation sites (tertiary alicyclic amines) is 1. The highest BCUT2D eigenvalue weighted by atomic mass is 16.7. The van der Waals surface area contributed by atoms with Crippen molar-refractivity contribution in [3.05, 3.63) is 42.5 Å². The molecule has 7 nitrogen and oxygen atoms in total. The van der Waals surface area contributed by atoms with E-state index in [1.54, 1.807) is 14.2 Å². The summed E-state index contributed by atoms with van der Waals surface area (Å²) in [6.07, 6.45) is 3.58. The van der Waals surface area contributed by atoms with E-state index in [1.165, 1.54) is 18.2 Å². The first-order valence-electron chi connectivity index (χ1n) is 12.4. The molecule has 2 atom stereocenters. The molecule has 2 N–H and O–H groups in total. The van der Waals surface area contributed by atoms with Crippen LogP contribution in [0.1, 0.15) is 32.6 Å². The third-order valence-electron chi connectivity index (χ3n) is 7.57. The van der Waals surface area contributed by atoms with E-state index in [2.05, 4.69) is 34.5 Å². The topological polar surface area (TPSA) is 74.3 Å². The summed E-state index contributed by atoms with van der Waals surface area (Å²) < 4.78 is 10.8. The van der Waals surface area contributed by atoms with E-state index in [-0.39, 0.29) is 23.5 Å². The SMILES string of the molecule is COC(CN(CCCN1CCC2(CC2)[C@H](O)C1)C(=O)C(C)Nc1ccc2ccccc2c1)OC. The first-order valence-corrected chi connectivity index (χ1v) is 12.4. The molecule has 4 rings (SSSR count). The molecule has 0 radical (unpaired) electrons. The van der Waals surface area contributed by atoms with Gasteiger partial charge in [0.1, 0.15) is 6.04 Å². The summed E-state index contributed by atoms with van der Waals surface area (Å²) in [7, 11) is 3.19. The van der Waals surface area contributed by atoms with Crippen LogP contribution < -0.4 is 5.32 Å². The Bertz CT molecular complexity index is 960. The van der Waals surface area contributed by atoms with Crippen LogP contribution in [0.3, 0.4) is 0 Å². The van der Waals surface area contributed by atoms with Gasteiger partial charge < -0.3 is 29.7 Å². The van der Waals surface area contributed by atoms with E-state index in [0.29, 0.717) is 13.1 Å². The van der Waals surface area contributed by atoms with Crippen LogP contribution in [0.15, 0.2) is 42.5 Å². The maximum absolute atomic E-state index is 13.4. The molecule has 2 aliphatic rings. The summed E-state index contributed by atoms with van der Waals surface area (Å²) in [4.78, 5) is 17.6. The average Bonchev–Trinajstić information content (AvgIpc) is 3.64. The van der Waals surface area contributed by atoms with Crippen LogP contribution in [0.5, 0.6) is 0 Å². The van der Waals surface area contributed by atoms with Crippen molar-refractivity contribution in [2.24, 2.45) is 5.41 Å². The average molecular weight is 470 g/mol. The van der Waals surface area contributed by atoms with Crippen LogP contribution in [0.2, 0.25) is 0 Å². The van der Waals surface area contributed by atoms with E-state index in [0.717, 1.165) is 43.5 Å². The Morgan fingerprint density at radius 1 is 1.18 bits per heavy atom. The van der Waals surface area contributed by atoms with Gasteiger partial charge in [0.15, 0.2) is 6.29 Å². The maximum Gasteiger partial charge on any atom is 0.244 e. The number of β-amino-alcohol motifs (C(OH)–C–C–N with tert-alkyl or cyclic N) is 1. The van der Waals surface area contributed by atoms with Crippen LogP contribution in [-0.4, -0.2) is 86.2 Å². The molecule has 186 valence electrons. The number of hydrogen-bond acceptors (Lipinski definition) is 6. The van der Waals surface area contributed by atoms with E-state index in [4.69, 9.17) is 9.47 Å². The maximum atomic E-state index is 13.4. The molecule has 2 fully saturated rings. The number of anilines is 1. The van der Waals surface area contributed by atoms with Crippen molar-refractivity contribution in [1.82, 2.24) is 9.80 Å². The van der Waals surface area contributed by atoms with Gasteiger partial charge in [-0.3, -0.25) is 4.79 Å². The van der Waals surface area contributed by atoms with Crippen molar-refractivity contribution in [3.8, 4) is 0 Å². The lowest BCUT2D eigenvalue weighted by atomic mass is 9.90. The monoisotopic (exact) mass is 469 g/mol. The zero-order chi connectivity index (χ0) is 24.1. The number of aliphatic hydroxyl groups excluding tert-OH is 1. The number of carbonyl (C=O) groups is 1. The zero-order valence-electron chi connectivity index (χ0n) is 20.7. The first-order chi connectivity index (χ1) is 16.4. The fraction of sp³-hybridized carbons (Fsp3) is 0.593. The smallest absolute Gasteiger partial charge is 0.244 e. The van der Waals surface area contributed by atoms with E-state index >= 15 is 0 Å². The first kappa shape index (κ1) is 24.9. The van der Waals surface area contributed by atoms with Gasteiger partial charge in [0.2, 0.25) is 5.91 Å². The standard InChI is InChI=1S/C27H39N3O4/c1-20(28-23-10-9-21-7-4-5-8-22(21)17-23)26(32)30(19-25(33-2)34-3)15-6-14-29-16-13-27(11-12-27)24(31)18-29/h4-5,7-10,17,20,24-25,28,31H,6,11-16,18-19H2,1-3H3/t20?,24-/m1/s1. The molecule has 1 heterocycles. The Morgan fingerprint density at radius 2 is 1.91 bits per heavy atom. The molecule has 7 heteroatoms. The Hall–Kier alpha value is -2.19. The minimum Gasteiger partial charge on any atom is -0.391 e. The second kappa shape index (κ2) is 11.0. The highest BCUT2D eigenvalue weighted by Gasteiger charge is 2.51. The third-order valence-corrected chi connectivity index (χ3v) is 7.57. The summed E-state index contributed by atoms with van der Waals surface area (Å²) in [5.74, 6) is 0.0165. The minimum absolute atomic E-state index is 0.0165. The molecule has 2 aromatic carbocycles. The second-order valence-electron chi connectivity index (χ2n) is 9.90. The van der Waals surface area contributed by atoms with Gasteiger partial charge in [-0.05, 0) is 74.0 Å². The molecule has 1 aliphatic heterocycles. The Balaban J connectivity index is 1.34. The number of hydrogen-bond donors (Lipinski definition) is 2. The van der Waals surface area contributed by atoms with Gasteiger partial charge in [-0.2, -0.15) is 0 Å². The summed E-state index contributed by atoms with van der Waals surface area (Å²) in [6, 6.07) is 14.0. The van der Waals surface area contributed by atoms with Crippen molar-refractivity contribution < 1.29 is 19.4 Å². The van der Waals surface area contributed by atoms with Crippen molar-refractivity contribution in [1.29, 1.82) is 0 Å². The minimum atomic E-state index is -0.469. The van der Waals surface area contributed by atoms with Gasteiger partial charge in [-0.15, -0.1) is 0 Å². The number of aliphatic hydroxyl groups is 1. The molecular formula is C27H39N3O4. The van der Waals surface area contributed by atoms with Crippen LogP contribution in [0, 0.1) is 5.41 Å². The number of nitrogens with zero attached hydrogens (tertiary/aromatic N) is 2.